The van der Waals surface area contributed by atoms with Crippen LogP contribution in [0.2, 0.25) is 0 Å². The van der Waals surface area contributed by atoms with Gasteiger partial charge in [-0.1, -0.05) is 19.1 Å². The van der Waals surface area contributed by atoms with Crippen molar-refractivity contribution in [3.63, 3.8) is 0 Å². The summed E-state index contributed by atoms with van der Waals surface area (Å²) >= 11 is 0.847. The van der Waals surface area contributed by atoms with Crippen molar-refractivity contribution < 1.29 is 17.3 Å². The van der Waals surface area contributed by atoms with Crippen molar-refractivity contribution in [2.75, 3.05) is 0 Å². The Morgan fingerprint density at radius 3 is 2.54 bits per heavy atom. The first-order valence-corrected chi connectivity index (χ1v) is 7.90. The van der Waals surface area contributed by atoms with Gasteiger partial charge in [0.15, 0.2) is 0 Å². The van der Waals surface area contributed by atoms with Crippen LogP contribution in [0.1, 0.15) is 5.56 Å². The van der Waals surface area contributed by atoms with Gasteiger partial charge >= 0.3 is 27.0 Å². The van der Waals surface area contributed by atoms with Crippen molar-refractivity contribution >= 4 is 20.5 Å². The molecule has 0 aliphatic carbocycles. The number of aryl methyl sites for hydroxylation is 1. The third-order valence-corrected chi connectivity index (χ3v) is 1.81. The van der Waals surface area contributed by atoms with Gasteiger partial charge in [-0.25, -0.2) is 0 Å². The van der Waals surface area contributed by atoms with Gasteiger partial charge in [0.2, 0.25) is 0 Å². The third-order valence-electron chi connectivity index (χ3n) is 1.81. The molecule has 0 bridgehead atoms. The number of fused-ring (bicyclic) bond motifs is 1. The molecule has 0 atom stereocenters. The summed E-state index contributed by atoms with van der Waals surface area (Å²) in [4.78, 5) is 0. The van der Waals surface area contributed by atoms with Gasteiger partial charge in [0.1, 0.15) is 0 Å². The molecule has 13 heavy (non-hydrogen) atoms. The van der Waals surface area contributed by atoms with E-state index in [4.69, 9.17) is 9.69 Å². The van der Waals surface area contributed by atoms with Crippen LogP contribution in [-0.4, -0.2) is 0 Å². The topological polar surface area (TPSA) is 0 Å². The van der Waals surface area contributed by atoms with Crippen LogP contribution in [0, 0.1) is 13.0 Å². The Morgan fingerprint density at radius 1 is 1.08 bits per heavy atom. The summed E-state index contributed by atoms with van der Waals surface area (Å²) in [7, 11) is 4.76. The molecule has 2 aromatic carbocycles. The molecule has 0 fully saturated rings. The van der Waals surface area contributed by atoms with E-state index in [9.17, 15) is 0 Å². The van der Waals surface area contributed by atoms with Gasteiger partial charge in [0.05, 0.1) is 0 Å². The van der Waals surface area contributed by atoms with E-state index >= 15 is 0 Å². The maximum absolute atomic E-state index is 4.76. The van der Waals surface area contributed by atoms with E-state index < -0.39 is 0 Å². The van der Waals surface area contributed by atoms with Crippen LogP contribution in [-0.2, 0) is 17.3 Å². The van der Waals surface area contributed by atoms with Gasteiger partial charge < -0.3 is 0 Å². The summed E-state index contributed by atoms with van der Waals surface area (Å²) in [5.74, 6) is 0. The summed E-state index contributed by atoms with van der Waals surface area (Å²) in [6.45, 7) is 2.06. The second kappa shape index (κ2) is 5.37. The van der Waals surface area contributed by atoms with Crippen molar-refractivity contribution in [1.82, 2.24) is 0 Å². The third kappa shape index (κ3) is 2.79. The van der Waals surface area contributed by atoms with Crippen LogP contribution >= 0.6 is 9.69 Å². The number of hydrogen-bond acceptors (Lipinski definition) is 0. The van der Waals surface area contributed by atoms with E-state index in [1.54, 1.807) is 0 Å². The summed E-state index contributed by atoms with van der Waals surface area (Å²) in [5.41, 5.74) is 1.20. The molecule has 2 rings (SSSR count). The molecule has 2 aromatic rings. The van der Waals surface area contributed by atoms with E-state index in [1.165, 1.54) is 16.3 Å². The molecule has 0 spiro atoms. The quantitative estimate of drug-likeness (QED) is 0.488. The Balaban J connectivity index is 0.000000396. The first-order valence-electron chi connectivity index (χ1n) is 4.01. The molecule has 0 aliphatic heterocycles. The van der Waals surface area contributed by atoms with Crippen LogP contribution in [0.3, 0.4) is 0 Å². The van der Waals surface area contributed by atoms with E-state index in [-0.39, 0.29) is 0 Å². The van der Waals surface area contributed by atoms with E-state index in [1.807, 2.05) is 12.1 Å². The van der Waals surface area contributed by atoms with Gasteiger partial charge in [-0.2, -0.15) is 0 Å². The van der Waals surface area contributed by atoms with Crippen molar-refractivity contribution in [1.29, 1.82) is 0 Å². The Kier molecular flexibility index (Phi) is 4.41. The molecule has 0 aliphatic rings. The predicted molar refractivity (Wildman–Crippen MR) is 53.4 cm³/mol. The first-order chi connectivity index (χ1) is 6.36. The average Bonchev–Trinajstić information content (AvgIpc) is 2.21. The van der Waals surface area contributed by atoms with Crippen LogP contribution in [0.4, 0.5) is 0 Å². The fraction of sp³-hybridized carbons (Fsp3) is 0.0909. The Morgan fingerprint density at radius 2 is 1.77 bits per heavy atom. The molecule has 0 saturated heterocycles. The summed E-state index contributed by atoms with van der Waals surface area (Å²) in [6.07, 6.45) is 0. The van der Waals surface area contributed by atoms with Gasteiger partial charge in [-0.3, -0.25) is 0 Å². The molecular formula is C11H9ClZn. The monoisotopic (exact) mass is 240 g/mol. The maximum atomic E-state index is 4.76. The normalized spacial score (nSPS) is 9.23. The Bertz CT molecular complexity index is 385. The molecule has 0 nitrogen and oxygen atoms in total. The van der Waals surface area contributed by atoms with E-state index in [0.29, 0.717) is 0 Å². The molecule has 62 valence electrons. The van der Waals surface area contributed by atoms with Gasteiger partial charge in [0, 0.05) is 0 Å². The zero-order valence-electron chi connectivity index (χ0n) is 7.55. The fourth-order valence-corrected chi connectivity index (χ4v) is 1.23. The van der Waals surface area contributed by atoms with E-state index in [2.05, 4.69) is 37.3 Å². The second-order valence-corrected chi connectivity index (χ2v) is 2.73. The minimum atomic E-state index is 0.847. The van der Waals surface area contributed by atoms with Gasteiger partial charge in [0.25, 0.3) is 0 Å². The number of benzene rings is 2. The zero-order valence-corrected chi connectivity index (χ0v) is 11.3. The van der Waals surface area contributed by atoms with Crippen LogP contribution in [0.5, 0.6) is 0 Å². The average molecular weight is 242 g/mol. The minimum absolute atomic E-state index is 0.847. The van der Waals surface area contributed by atoms with Gasteiger partial charge in [-0.05, 0) is 0 Å². The fourth-order valence-electron chi connectivity index (χ4n) is 1.23. The standard InChI is InChI=1S/C11H9.ClH.Zn/c1-9-6-7-10-4-2-3-5-11(10)8-9;;/h2-7H,1H3;1H;/q-1;;+2/p-1. The predicted octanol–water partition coefficient (Wildman–Crippen LogP) is 3.64. The first kappa shape index (κ1) is 10.7. The molecular weight excluding hydrogens is 233 g/mol. The Labute approximate surface area is 92.6 Å². The summed E-state index contributed by atoms with van der Waals surface area (Å²) < 4.78 is 0. The molecule has 0 heterocycles. The van der Waals surface area contributed by atoms with Crippen molar-refractivity contribution in [3.8, 4) is 0 Å². The molecule has 0 N–H and O–H groups in total. The van der Waals surface area contributed by atoms with Crippen LogP contribution in [0.15, 0.2) is 36.4 Å². The van der Waals surface area contributed by atoms with Gasteiger partial charge in [-0.15, -0.1) is 46.7 Å². The number of halogens is 1. The molecule has 0 radical (unpaired) electrons. The zero-order chi connectivity index (χ0) is 9.68. The van der Waals surface area contributed by atoms with E-state index in [0.717, 1.165) is 17.3 Å². The van der Waals surface area contributed by atoms with Crippen molar-refractivity contribution in [3.05, 3.63) is 48.0 Å². The molecule has 0 unspecified atom stereocenters. The van der Waals surface area contributed by atoms with Crippen molar-refractivity contribution in [2.45, 2.75) is 6.92 Å². The second-order valence-electron chi connectivity index (χ2n) is 2.73. The van der Waals surface area contributed by atoms with Crippen LogP contribution < -0.4 is 0 Å². The van der Waals surface area contributed by atoms with Crippen LogP contribution in [0.25, 0.3) is 10.8 Å². The summed E-state index contributed by atoms with van der Waals surface area (Å²) in [5, 5.41) is 2.46. The number of rotatable bonds is 0. The molecule has 0 amide bonds. The Hall–Kier alpha value is -0.387. The van der Waals surface area contributed by atoms with Crippen molar-refractivity contribution in [2.24, 2.45) is 0 Å². The summed E-state index contributed by atoms with van der Waals surface area (Å²) in [6, 6.07) is 15.8. The SMILES string of the molecule is Cc1[c-]c2ccccc2cc1.[Cl][Zn+]. The molecule has 2 heteroatoms. The molecule has 0 aromatic heterocycles. The number of hydrogen-bond donors (Lipinski definition) is 0. The molecule has 0 saturated carbocycles.